The van der Waals surface area contributed by atoms with E-state index in [1.54, 1.807) is 12.1 Å². The van der Waals surface area contributed by atoms with E-state index in [9.17, 15) is 4.79 Å². The first kappa shape index (κ1) is 13.3. The SMILES string of the molecule is CCC(=O)c1ccccc1OCc1nnc(CC)o1. The van der Waals surface area contributed by atoms with Crippen molar-refractivity contribution in [1.29, 1.82) is 0 Å². The highest BCUT2D eigenvalue weighted by atomic mass is 16.5. The van der Waals surface area contributed by atoms with Crippen LogP contribution in [0.25, 0.3) is 0 Å². The number of benzene rings is 1. The summed E-state index contributed by atoms with van der Waals surface area (Å²) in [6, 6.07) is 7.16. The fourth-order valence-corrected chi connectivity index (χ4v) is 1.64. The predicted octanol–water partition coefficient (Wildman–Crippen LogP) is 2.80. The van der Waals surface area contributed by atoms with Gasteiger partial charge in [-0.3, -0.25) is 4.79 Å². The molecule has 5 heteroatoms. The van der Waals surface area contributed by atoms with Gasteiger partial charge in [0.1, 0.15) is 5.75 Å². The Hall–Kier alpha value is -2.17. The molecule has 1 heterocycles. The van der Waals surface area contributed by atoms with Gasteiger partial charge in [-0.25, -0.2) is 0 Å². The van der Waals surface area contributed by atoms with Gasteiger partial charge in [0.05, 0.1) is 5.56 Å². The van der Waals surface area contributed by atoms with Crippen LogP contribution in [0.4, 0.5) is 0 Å². The van der Waals surface area contributed by atoms with E-state index in [2.05, 4.69) is 10.2 Å². The number of aromatic nitrogens is 2. The van der Waals surface area contributed by atoms with Crippen LogP contribution in [0.15, 0.2) is 28.7 Å². The van der Waals surface area contributed by atoms with Crippen molar-refractivity contribution in [2.24, 2.45) is 0 Å². The Labute approximate surface area is 111 Å². The highest BCUT2D eigenvalue weighted by Gasteiger charge is 2.11. The number of hydrogen-bond acceptors (Lipinski definition) is 5. The van der Waals surface area contributed by atoms with Crippen molar-refractivity contribution in [3.8, 4) is 5.75 Å². The van der Waals surface area contributed by atoms with Gasteiger partial charge >= 0.3 is 0 Å². The molecule has 0 N–H and O–H groups in total. The number of carbonyl (C=O) groups is 1. The van der Waals surface area contributed by atoms with Crippen molar-refractivity contribution >= 4 is 5.78 Å². The summed E-state index contributed by atoms with van der Waals surface area (Å²) in [6.45, 7) is 3.93. The lowest BCUT2D eigenvalue weighted by atomic mass is 10.1. The smallest absolute Gasteiger partial charge is 0.253 e. The van der Waals surface area contributed by atoms with Crippen LogP contribution in [0.5, 0.6) is 5.75 Å². The molecule has 0 aliphatic carbocycles. The summed E-state index contributed by atoms with van der Waals surface area (Å²) in [6.07, 6.45) is 1.14. The van der Waals surface area contributed by atoms with Crippen LogP contribution in [0.3, 0.4) is 0 Å². The second kappa shape index (κ2) is 6.13. The Morgan fingerprint density at radius 2 is 1.95 bits per heavy atom. The van der Waals surface area contributed by atoms with Crippen LogP contribution >= 0.6 is 0 Å². The second-order valence-electron chi connectivity index (χ2n) is 4.00. The van der Waals surface area contributed by atoms with E-state index in [-0.39, 0.29) is 12.4 Å². The summed E-state index contributed by atoms with van der Waals surface area (Å²) in [5, 5.41) is 7.73. The molecule has 0 aliphatic rings. The maximum atomic E-state index is 11.8. The van der Waals surface area contributed by atoms with Crippen molar-refractivity contribution in [2.45, 2.75) is 33.3 Å². The van der Waals surface area contributed by atoms with Crippen molar-refractivity contribution < 1.29 is 13.9 Å². The molecule has 0 saturated carbocycles. The number of ether oxygens (including phenoxy) is 1. The summed E-state index contributed by atoms with van der Waals surface area (Å²) in [5.74, 6) is 1.59. The molecule has 5 nitrogen and oxygen atoms in total. The zero-order valence-corrected chi connectivity index (χ0v) is 11.0. The Bertz CT molecular complexity index is 563. The molecule has 1 aromatic heterocycles. The molecule has 0 amide bonds. The lowest BCUT2D eigenvalue weighted by Crippen LogP contribution is -2.03. The third-order valence-electron chi connectivity index (χ3n) is 2.67. The van der Waals surface area contributed by atoms with Gasteiger partial charge in [-0.05, 0) is 12.1 Å². The van der Waals surface area contributed by atoms with E-state index in [1.807, 2.05) is 26.0 Å². The van der Waals surface area contributed by atoms with Crippen LogP contribution in [0, 0.1) is 0 Å². The Morgan fingerprint density at radius 1 is 1.21 bits per heavy atom. The van der Waals surface area contributed by atoms with Crippen molar-refractivity contribution in [3.05, 3.63) is 41.6 Å². The first-order valence-corrected chi connectivity index (χ1v) is 6.30. The van der Waals surface area contributed by atoms with Crippen LogP contribution in [-0.2, 0) is 13.0 Å². The number of nitrogens with zero attached hydrogens (tertiary/aromatic N) is 2. The van der Waals surface area contributed by atoms with Crippen LogP contribution in [0.2, 0.25) is 0 Å². The van der Waals surface area contributed by atoms with E-state index in [0.29, 0.717) is 35.9 Å². The average Bonchev–Trinajstić information content (AvgIpc) is 2.92. The van der Waals surface area contributed by atoms with Gasteiger partial charge in [-0.1, -0.05) is 26.0 Å². The van der Waals surface area contributed by atoms with Gasteiger partial charge in [0.15, 0.2) is 12.4 Å². The molecule has 2 rings (SSSR count). The summed E-state index contributed by atoms with van der Waals surface area (Å²) < 4.78 is 10.9. The van der Waals surface area contributed by atoms with E-state index in [1.165, 1.54) is 0 Å². The van der Waals surface area contributed by atoms with Gasteiger partial charge < -0.3 is 9.15 Å². The molecule has 0 unspecified atom stereocenters. The molecular weight excluding hydrogens is 244 g/mol. The van der Waals surface area contributed by atoms with Gasteiger partial charge in [-0.15, -0.1) is 10.2 Å². The lowest BCUT2D eigenvalue weighted by molar-refractivity contribution is 0.0983. The number of Topliss-reactive ketones (excluding diaryl/α,β-unsaturated/α-hetero) is 1. The normalized spacial score (nSPS) is 10.4. The van der Waals surface area contributed by atoms with E-state index < -0.39 is 0 Å². The molecule has 0 atom stereocenters. The molecule has 19 heavy (non-hydrogen) atoms. The van der Waals surface area contributed by atoms with Crippen LogP contribution in [-0.4, -0.2) is 16.0 Å². The molecule has 0 spiro atoms. The summed E-state index contributed by atoms with van der Waals surface area (Å²) in [7, 11) is 0. The number of hydrogen-bond donors (Lipinski definition) is 0. The predicted molar refractivity (Wildman–Crippen MR) is 69.1 cm³/mol. The van der Waals surface area contributed by atoms with E-state index in [0.717, 1.165) is 0 Å². The molecule has 1 aromatic carbocycles. The molecule has 2 aromatic rings. The standard InChI is InChI=1S/C14H16N2O3/c1-3-11(17)10-7-5-6-8-12(10)18-9-14-16-15-13(4-2)19-14/h5-8H,3-4,9H2,1-2H3. The summed E-state index contributed by atoms with van der Waals surface area (Å²) in [5.41, 5.74) is 0.584. The number of aryl methyl sites for hydroxylation is 1. The monoisotopic (exact) mass is 260 g/mol. The third kappa shape index (κ3) is 3.19. The second-order valence-corrected chi connectivity index (χ2v) is 4.00. The molecule has 0 radical (unpaired) electrons. The van der Waals surface area contributed by atoms with Crippen molar-refractivity contribution in [1.82, 2.24) is 10.2 Å². The van der Waals surface area contributed by atoms with Gasteiger partial charge in [0, 0.05) is 12.8 Å². The molecule has 0 aliphatic heterocycles. The first-order valence-electron chi connectivity index (χ1n) is 6.30. The average molecular weight is 260 g/mol. The zero-order chi connectivity index (χ0) is 13.7. The molecular formula is C14H16N2O3. The number of ketones is 1. The summed E-state index contributed by atoms with van der Waals surface area (Å²) >= 11 is 0. The fourth-order valence-electron chi connectivity index (χ4n) is 1.64. The van der Waals surface area contributed by atoms with Gasteiger partial charge in [-0.2, -0.15) is 0 Å². The molecule has 0 saturated heterocycles. The van der Waals surface area contributed by atoms with Crippen molar-refractivity contribution in [2.75, 3.05) is 0 Å². The Balaban J connectivity index is 2.08. The maximum Gasteiger partial charge on any atom is 0.253 e. The van der Waals surface area contributed by atoms with Gasteiger partial charge in [0.2, 0.25) is 5.89 Å². The van der Waals surface area contributed by atoms with E-state index >= 15 is 0 Å². The van der Waals surface area contributed by atoms with Crippen LogP contribution in [0.1, 0.15) is 42.4 Å². The molecule has 100 valence electrons. The minimum atomic E-state index is 0.0513. The molecule has 0 fully saturated rings. The highest BCUT2D eigenvalue weighted by molar-refractivity contribution is 5.98. The quantitative estimate of drug-likeness (QED) is 0.747. The van der Waals surface area contributed by atoms with E-state index in [4.69, 9.17) is 9.15 Å². The number of para-hydroxylation sites is 1. The fraction of sp³-hybridized carbons (Fsp3) is 0.357. The van der Waals surface area contributed by atoms with Crippen molar-refractivity contribution in [3.63, 3.8) is 0 Å². The number of carbonyl (C=O) groups excluding carboxylic acids is 1. The minimum absolute atomic E-state index is 0.0513. The first-order chi connectivity index (χ1) is 9.24. The maximum absolute atomic E-state index is 11.8. The minimum Gasteiger partial charge on any atom is -0.483 e. The summed E-state index contributed by atoms with van der Waals surface area (Å²) in [4.78, 5) is 11.8. The Kier molecular flexibility index (Phi) is 4.28. The zero-order valence-electron chi connectivity index (χ0n) is 11.0. The lowest BCUT2D eigenvalue weighted by Gasteiger charge is -2.08. The van der Waals surface area contributed by atoms with Gasteiger partial charge in [0.25, 0.3) is 5.89 Å². The highest BCUT2D eigenvalue weighted by Crippen LogP contribution is 2.20. The Morgan fingerprint density at radius 3 is 2.63 bits per heavy atom. The topological polar surface area (TPSA) is 65.2 Å². The van der Waals surface area contributed by atoms with Crippen LogP contribution < -0.4 is 4.74 Å². The third-order valence-corrected chi connectivity index (χ3v) is 2.67. The molecule has 0 bridgehead atoms. The largest absolute Gasteiger partial charge is 0.483 e. The number of rotatable bonds is 6.